The van der Waals surface area contributed by atoms with Crippen LogP contribution in [-0.4, -0.2) is 9.55 Å². The number of aryl methyl sites for hydroxylation is 1. The fourth-order valence-corrected chi connectivity index (χ4v) is 3.88. The van der Waals surface area contributed by atoms with Crippen molar-refractivity contribution in [2.75, 3.05) is 0 Å². The lowest BCUT2D eigenvalue weighted by molar-refractivity contribution is 0.413. The first-order chi connectivity index (χ1) is 10.9. The molecule has 3 rings (SSSR count). The van der Waals surface area contributed by atoms with Crippen molar-refractivity contribution >= 4 is 11.0 Å². The fourth-order valence-electron chi connectivity index (χ4n) is 3.88. The van der Waals surface area contributed by atoms with Gasteiger partial charge in [-0.05, 0) is 31.4 Å². The van der Waals surface area contributed by atoms with Crippen molar-refractivity contribution in [3.05, 3.63) is 30.1 Å². The average molecular weight is 298 g/mol. The highest BCUT2D eigenvalue weighted by Crippen LogP contribution is 2.34. The lowest BCUT2D eigenvalue weighted by atomic mass is 9.88. The molecule has 0 spiro atoms. The summed E-state index contributed by atoms with van der Waals surface area (Å²) in [5, 5.41) is 0. The number of hydrogen-bond donors (Lipinski definition) is 0. The van der Waals surface area contributed by atoms with E-state index >= 15 is 0 Å². The number of fused-ring (bicyclic) bond motifs is 1. The first-order valence-electron chi connectivity index (χ1n) is 9.35. The second-order valence-electron chi connectivity index (χ2n) is 6.86. The van der Waals surface area contributed by atoms with Gasteiger partial charge in [-0.1, -0.05) is 64.0 Å². The molecule has 120 valence electrons. The van der Waals surface area contributed by atoms with Crippen LogP contribution in [0.1, 0.15) is 82.9 Å². The summed E-state index contributed by atoms with van der Waals surface area (Å²) in [6.07, 6.45) is 13.6. The maximum atomic E-state index is 5.01. The first-order valence-corrected chi connectivity index (χ1v) is 9.35. The highest BCUT2D eigenvalue weighted by molar-refractivity contribution is 5.76. The quantitative estimate of drug-likeness (QED) is 0.568. The summed E-state index contributed by atoms with van der Waals surface area (Å²) in [6.45, 7) is 3.43. The largest absolute Gasteiger partial charge is 0.328 e. The number of aromatic nitrogens is 2. The van der Waals surface area contributed by atoms with Gasteiger partial charge in [-0.15, -0.1) is 0 Å². The predicted molar refractivity (Wildman–Crippen MR) is 94.3 cm³/mol. The molecule has 1 aromatic heterocycles. The second-order valence-corrected chi connectivity index (χ2v) is 6.86. The Labute approximate surface area is 134 Å². The SMILES string of the molecule is CCCCCCCn1c(C2CCCCC2)nc2ccccc21. The molecule has 2 aromatic rings. The maximum absolute atomic E-state index is 5.01. The van der Waals surface area contributed by atoms with Gasteiger partial charge in [0, 0.05) is 12.5 Å². The van der Waals surface area contributed by atoms with Crippen LogP contribution in [0.5, 0.6) is 0 Å². The Kier molecular flexibility index (Phi) is 5.53. The van der Waals surface area contributed by atoms with Gasteiger partial charge in [-0.25, -0.2) is 4.98 Å². The highest BCUT2D eigenvalue weighted by Gasteiger charge is 2.22. The van der Waals surface area contributed by atoms with Crippen LogP contribution in [0.15, 0.2) is 24.3 Å². The van der Waals surface area contributed by atoms with E-state index < -0.39 is 0 Å². The summed E-state index contributed by atoms with van der Waals surface area (Å²) in [7, 11) is 0. The number of imidazole rings is 1. The third-order valence-corrected chi connectivity index (χ3v) is 5.14. The monoisotopic (exact) mass is 298 g/mol. The molecule has 0 aliphatic heterocycles. The summed E-state index contributed by atoms with van der Waals surface area (Å²) in [4.78, 5) is 5.01. The minimum absolute atomic E-state index is 0.691. The van der Waals surface area contributed by atoms with Gasteiger partial charge in [0.1, 0.15) is 5.82 Å². The molecule has 0 N–H and O–H groups in total. The van der Waals surface area contributed by atoms with E-state index in [0.717, 1.165) is 6.54 Å². The zero-order chi connectivity index (χ0) is 15.2. The Balaban J connectivity index is 1.78. The Bertz CT molecular complexity index is 578. The van der Waals surface area contributed by atoms with E-state index in [-0.39, 0.29) is 0 Å². The van der Waals surface area contributed by atoms with Crippen LogP contribution in [0.3, 0.4) is 0 Å². The van der Waals surface area contributed by atoms with Crippen molar-refractivity contribution in [3.63, 3.8) is 0 Å². The Morgan fingerprint density at radius 2 is 1.77 bits per heavy atom. The zero-order valence-corrected chi connectivity index (χ0v) is 14.1. The molecule has 2 heteroatoms. The molecule has 1 aliphatic carbocycles. The van der Waals surface area contributed by atoms with Crippen molar-refractivity contribution in [1.82, 2.24) is 9.55 Å². The van der Waals surface area contributed by atoms with E-state index in [1.165, 1.54) is 81.1 Å². The highest BCUT2D eigenvalue weighted by atomic mass is 15.1. The van der Waals surface area contributed by atoms with Crippen LogP contribution in [0, 0.1) is 0 Å². The molecule has 2 nitrogen and oxygen atoms in total. The van der Waals surface area contributed by atoms with E-state index in [2.05, 4.69) is 35.8 Å². The van der Waals surface area contributed by atoms with Crippen molar-refractivity contribution in [3.8, 4) is 0 Å². The minimum atomic E-state index is 0.691. The average Bonchev–Trinajstić information content (AvgIpc) is 2.94. The number of hydrogen-bond acceptors (Lipinski definition) is 1. The van der Waals surface area contributed by atoms with Gasteiger partial charge in [-0.2, -0.15) is 0 Å². The Hall–Kier alpha value is -1.31. The molecule has 0 saturated heterocycles. The number of unbranched alkanes of at least 4 members (excludes halogenated alkanes) is 4. The molecule has 1 heterocycles. The maximum Gasteiger partial charge on any atom is 0.112 e. The van der Waals surface area contributed by atoms with Gasteiger partial charge in [-0.3, -0.25) is 0 Å². The van der Waals surface area contributed by atoms with Crippen molar-refractivity contribution in [2.24, 2.45) is 0 Å². The van der Waals surface area contributed by atoms with Crippen LogP contribution in [-0.2, 0) is 6.54 Å². The molecule has 0 atom stereocenters. The standard InChI is InChI=1S/C20H30N2/c1-2-3-4-5-11-16-22-19-15-10-9-14-18(19)21-20(22)17-12-7-6-8-13-17/h9-10,14-15,17H,2-8,11-13,16H2,1H3. The summed E-state index contributed by atoms with van der Waals surface area (Å²) in [5.74, 6) is 2.06. The van der Waals surface area contributed by atoms with Gasteiger partial charge in [0.2, 0.25) is 0 Å². The number of benzene rings is 1. The van der Waals surface area contributed by atoms with E-state index in [1.54, 1.807) is 0 Å². The number of nitrogens with zero attached hydrogens (tertiary/aromatic N) is 2. The topological polar surface area (TPSA) is 17.8 Å². The molecule has 0 radical (unpaired) electrons. The summed E-state index contributed by atoms with van der Waals surface area (Å²) < 4.78 is 2.54. The molecule has 0 amide bonds. The summed E-state index contributed by atoms with van der Waals surface area (Å²) in [6, 6.07) is 8.70. The van der Waals surface area contributed by atoms with Crippen molar-refractivity contribution < 1.29 is 0 Å². The van der Waals surface area contributed by atoms with Gasteiger partial charge < -0.3 is 4.57 Å². The van der Waals surface area contributed by atoms with Crippen LogP contribution in [0.4, 0.5) is 0 Å². The Morgan fingerprint density at radius 3 is 2.59 bits per heavy atom. The van der Waals surface area contributed by atoms with E-state index in [9.17, 15) is 0 Å². The Morgan fingerprint density at radius 1 is 1.00 bits per heavy atom. The van der Waals surface area contributed by atoms with Gasteiger partial charge in [0.15, 0.2) is 0 Å². The lowest BCUT2D eigenvalue weighted by Gasteiger charge is -2.22. The third-order valence-electron chi connectivity index (χ3n) is 5.14. The normalized spacial score (nSPS) is 16.4. The van der Waals surface area contributed by atoms with Crippen LogP contribution < -0.4 is 0 Å². The lowest BCUT2D eigenvalue weighted by Crippen LogP contribution is -2.12. The molecule has 22 heavy (non-hydrogen) atoms. The molecule has 0 bridgehead atoms. The number of rotatable bonds is 7. The van der Waals surface area contributed by atoms with Crippen LogP contribution >= 0.6 is 0 Å². The second kappa shape index (κ2) is 7.80. The zero-order valence-electron chi connectivity index (χ0n) is 14.1. The van der Waals surface area contributed by atoms with E-state index in [1.807, 2.05) is 0 Å². The van der Waals surface area contributed by atoms with E-state index in [4.69, 9.17) is 4.98 Å². The van der Waals surface area contributed by atoms with Crippen LogP contribution in [0.25, 0.3) is 11.0 Å². The van der Waals surface area contributed by atoms with Gasteiger partial charge in [0.25, 0.3) is 0 Å². The fraction of sp³-hybridized carbons (Fsp3) is 0.650. The predicted octanol–water partition coefficient (Wildman–Crippen LogP) is 6.05. The van der Waals surface area contributed by atoms with Gasteiger partial charge >= 0.3 is 0 Å². The molecular formula is C20H30N2. The summed E-state index contributed by atoms with van der Waals surface area (Å²) in [5.41, 5.74) is 2.54. The first kappa shape index (κ1) is 15.6. The molecular weight excluding hydrogens is 268 g/mol. The third kappa shape index (κ3) is 3.53. The smallest absolute Gasteiger partial charge is 0.112 e. The molecule has 1 aliphatic rings. The summed E-state index contributed by atoms with van der Waals surface area (Å²) >= 11 is 0. The number of para-hydroxylation sites is 2. The molecule has 1 fully saturated rings. The van der Waals surface area contributed by atoms with Gasteiger partial charge in [0.05, 0.1) is 11.0 Å². The van der Waals surface area contributed by atoms with Crippen LogP contribution in [0.2, 0.25) is 0 Å². The van der Waals surface area contributed by atoms with E-state index in [0.29, 0.717) is 5.92 Å². The molecule has 1 saturated carbocycles. The molecule has 0 unspecified atom stereocenters. The van der Waals surface area contributed by atoms with Crippen molar-refractivity contribution in [1.29, 1.82) is 0 Å². The van der Waals surface area contributed by atoms with Crippen molar-refractivity contribution in [2.45, 2.75) is 83.6 Å². The minimum Gasteiger partial charge on any atom is -0.328 e. The molecule has 1 aromatic carbocycles.